The van der Waals surface area contributed by atoms with Crippen LogP contribution in [-0.2, 0) is 10.0 Å². The standard InChI is InChI=1S/C17H20N2O3S/c1-3-23(21,22)19-16-11-9-15(10-12-16)17(20)18-13(2)14-7-5-4-6-8-14/h4-13,19H,3H2,1-2H3,(H,18,20)/t13-/m1/s1. The maximum Gasteiger partial charge on any atom is 0.251 e. The van der Waals surface area contributed by atoms with Gasteiger partial charge in [0.2, 0.25) is 10.0 Å². The van der Waals surface area contributed by atoms with Gasteiger partial charge in [0, 0.05) is 11.3 Å². The first-order chi connectivity index (χ1) is 10.9. The fourth-order valence-electron chi connectivity index (χ4n) is 2.05. The molecule has 0 saturated heterocycles. The highest BCUT2D eigenvalue weighted by molar-refractivity contribution is 7.92. The second kappa shape index (κ2) is 7.28. The minimum Gasteiger partial charge on any atom is -0.346 e. The number of amides is 1. The number of benzene rings is 2. The SMILES string of the molecule is CCS(=O)(=O)Nc1ccc(C(=O)N[C@H](C)c2ccccc2)cc1. The van der Waals surface area contributed by atoms with Gasteiger partial charge >= 0.3 is 0 Å². The van der Waals surface area contributed by atoms with Crippen molar-refractivity contribution in [3.05, 3.63) is 65.7 Å². The molecule has 0 unspecified atom stereocenters. The van der Waals surface area contributed by atoms with E-state index in [-0.39, 0.29) is 17.7 Å². The Morgan fingerprint density at radius 3 is 2.22 bits per heavy atom. The normalized spacial score (nSPS) is 12.4. The Labute approximate surface area is 136 Å². The van der Waals surface area contributed by atoms with E-state index in [9.17, 15) is 13.2 Å². The minimum absolute atomic E-state index is 0.00380. The highest BCUT2D eigenvalue weighted by Crippen LogP contribution is 2.14. The zero-order chi connectivity index (χ0) is 16.9. The Morgan fingerprint density at radius 2 is 1.65 bits per heavy atom. The summed E-state index contributed by atoms with van der Waals surface area (Å²) in [6, 6.07) is 15.9. The molecule has 0 radical (unpaired) electrons. The van der Waals surface area contributed by atoms with Crippen LogP contribution in [-0.4, -0.2) is 20.1 Å². The van der Waals surface area contributed by atoms with Crippen molar-refractivity contribution in [3.8, 4) is 0 Å². The lowest BCUT2D eigenvalue weighted by Crippen LogP contribution is -2.26. The summed E-state index contributed by atoms with van der Waals surface area (Å²) >= 11 is 0. The van der Waals surface area contributed by atoms with Crippen LogP contribution in [0.4, 0.5) is 5.69 Å². The van der Waals surface area contributed by atoms with E-state index in [0.717, 1.165) is 5.56 Å². The topological polar surface area (TPSA) is 75.3 Å². The quantitative estimate of drug-likeness (QED) is 0.854. The molecule has 2 N–H and O–H groups in total. The summed E-state index contributed by atoms with van der Waals surface area (Å²) in [6.07, 6.45) is 0. The summed E-state index contributed by atoms with van der Waals surface area (Å²) in [5, 5.41) is 2.91. The second-order valence-electron chi connectivity index (χ2n) is 5.19. The van der Waals surface area contributed by atoms with Crippen molar-refractivity contribution >= 4 is 21.6 Å². The van der Waals surface area contributed by atoms with E-state index in [4.69, 9.17) is 0 Å². The first kappa shape index (κ1) is 17.0. The largest absolute Gasteiger partial charge is 0.346 e. The monoisotopic (exact) mass is 332 g/mol. The number of carbonyl (C=O) groups is 1. The summed E-state index contributed by atoms with van der Waals surface area (Å²) < 4.78 is 25.4. The van der Waals surface area contributed by atoms with Gasteiger partial charge in [-0.1, -0.05) is 30.3 Å². The third kappa shape index (κ3) is 4.82. The lowest BCUT2D eigenvalue weighted by Gasteiger charge is -2.14. The van der Waals surface area contributed by atoms with Gasteiger partial charge < -0.3 is 5.32 Å². The van der Waals surface area contributed by atoms with E-state index in [0.29, 0.717) is 11.3 Å². The smallest absolute Gasteiger partial charge is 0.251 e. The van der Waals surface area contributed by atoms with E-state index in [1.165, 1.54) is 0 Å². The van der Waals surface area contributed by atoms with Crippen molar-refractivity contribution in [2.75, 3.05) is 10.5 Å². The highest BCUT2D eigenvalue weighted by atomic mass is 32.2. The van der Waals surface area contributed by atoms with E-state index in [1.54, 1.807) is 31.2 Å². The highest BCUT2D eigenvalue weighted by Gasteiger charge is 2.12. The van der Waals surface area contributed by atoms with Crippen LogP contribution in [0.15, 0.2) is 54.6 Å². The van der Waals surface area contributed by atoms with Gasteiger partial charge in [-0.25, -0.2) is 8.42 Å². The van der Waals surface area contributed by atoms with E-state index in [2.05, 4.69) is 10.0 Å². The summed E-state index contributed by atoms with van der Waals surface area (Å²) in [5.41, 5.74) is 1.94. The zero-order valence-corrected chi connectivity index (χ0v) is 13.9. The summed E-state index contributed by atoms with van der Waals surface area (Å²) in [4.78, 5) is 12.2. The van der Waals surface area contributed by atoms with Crippen molar-refractivity contribution < 1.29 is 13.2 Å². The first-order valence-corrected chi connectivity index (χ1v) is 9.03. The summed E-state index contributed by atoms with van der Waals surface area (Å²) in [5.74, 6) is -0.199. The number of carbonyl (C=O) groups excluding carboxylic acids is 1. The van der Waals surface area contributed by atoms with Crippen molar-refractivity contribution in [3.63, 3.8) is 0 Å². The van der Waals surface area contributed by atoms with Gasteiger partial charge in [-0.2, -0.15) is 0 Å². The van der Waals surface area contributed by atoms with Crippen molar-refractivity contribution in [1.82, 2.24) is 5.32 Å². The van der Waals surface area contributed by atoms with Gasteiger partial charge in [0.15, 0.2) is 0 Å². The lowest BCUT2D eigenvalue weighted by molar-refractivity contribution is 0.0940. The molecule has 0 aliphatic rings. The molecule has 122 valence electrons. The number of sulfonamides is 1. The van der Waals surface area contributed by atoms with Crippen molar-refractivity contribution in [2.24, 2.45) is 0 Å². The summed E-state index contributed by atoms with van der Waals surface area (Å²) in [7, 11) is -3.31. The maximum atomic E-state index is 12.2. The van der Waals surface area contributed by atoms with Gasteiger partial charge in [-0.15, -0.1) is 0 Å². The molecule has 0 aromatic heterocycles. The molecule has 0 heterocycles. The summed E-state index contributed by atoms with van der Waals surface area (Å²) in [6.45, 7) is 3.48. The molecule has 6 heteroatoms. The van der Waals surface area contributed by atoms with Crippen LogP contribution in [0.2, 0.25) is 0 Å². The molecule has 0 spiro atoms. The van der Waals surface area contributed by atoms with Gasteiger partial charge in [-0.05, 0) is 43.7 Å². The third-order valence-corrected chi connectivity index (χ3v) is 4.75. The van der Waals surface area contributed by atoms with Gasteiger partial charge in [0.05, 0.1) is 11.8 Å². The zero-order valence-electron chi connectivity index (χ0n) is 13.1. The van der Waals surface area contributed by atoms with E-state index < -0.39 is 10.0 Å². The first-order valence-electron chi connectivity index (χ1n) is 7.37. The lowest BCUT2D eigenvalue weighted by atomic mass is 10.1. The average Bonchev–Trinajstić information content (AvgIpc) is 2.56. The van der Waals surface area contributed by atoms with Gasteiger partial charge in [0.1, 0.15) is 0 Å². The number of nitrogens with one attached hydrogen (secondary N) is 2. The predicted molar refractivity (Wildman–Crippen MR) is 91.8 cm³/mol. The molecule has 0 aliphatic heterocycles. The molecule has 0 aliphatic carbocycles. The Kier molecular flexibility index (Phi) is 5.39. The van der Waals surface area contributed by atoms with Gasteiger partial charge in [0.25, 0.3) is 5.91 Å². The van der Waals surface area contributed by atoms with Crippen molar-refractivity contribution in [1.29, 1.82) is 0 Å². The molecule has 0 bridgehead atoms. The predicted octanol–water partition coefficient (Wildman–Crippen LogP) is 2.94. The van der Waals surface area contributed by atoms with Crippen LogP contribution in [0.1, 0.15) is 35.8 Å². The minimum atomic E-state index is -3.31. The van der Waals surface area contributed by atoms with E-state index >= 15 is 0 Å². The van der Waals surface area contributed by atoms with Crippen LogP contribution >= 0.6 is 0 Å². The molecule has 23 heavy (non-hydrogen) atoms. The van der Waals surface area contributed by atoms with Crippen LogP contribution < -0.4 is 10.0 Å². The molecule has 2 aromatic carbocycles. The Bertz CT molecular complexity index is 756. The molecular weight excluding hydrogens is 312 g/mol. The molecule has 1 atom stereocenters. The van der Waals surface area contributed by atoms with Crippen molar-refractivity contribution in [2.45, 2.75) is 19.9 Å². The Hall–Kier alpha value is -2.34. The van der Waals surface area contributed by atoms with Crippen LogP contribution in [0, 0.1) is 0 Å². The maximum absolute atomic E-state index is 12.2. The van der Waals surface area contributed by atoms with Gasteiger partial charge in [-0.3, -0.25) is 9.52 Å². The molecule has 1 amide bonds. The third-order valence-electron chi connectivity index (χ3n) is 3.45. The fourth-order valence-corrected chi connectivity index (χ4v) is 2.69. The second-order valence-corrected chi connectivity index (χ2v) is 7.20. The van der Waals surface area contributed by atoms with Crippen LogP contribution in [0.25, 0.3) is 0 Å². The van der Waals surface area contributed by atoms with E-state index in [1.807, 2.05) is 37.3 Å². The molecule has 0 fully saturated rings. The molecule has 0 saturated carbocycles. The van der Waals surface area contributed by atoms with Crippen LogP contribution in [0.5, 0.6) is 0 Å². The molecular formula is C17H20N2O3S. The number of rotatable bonds is 6. The van der Waals surface area contributed by atoms with Crippen LogP contribution in [0.3, 0.4) is 0 Å². The Morgan fingerprint density at radius 1 is 1.04 bits per heavy atom. The Balaban J connectivity index is 2.03. The number of anilines is 1. The molecule has 2 rings (SSSR count). The number of hydrogen-bond donors (Lipinski definition) is 2. The average molecular weight is 332 g/mol. The fraction of sp³-hybridized carbons (Fsp3) is 0.235. The number of hydrogen-bond acceptors (Lipinski definition) is 3. The molecule has 5 nitrogen and oxygen atoms in total. The molecule has 2 aromatic rings.